The monoisotopic (exact) mass is 393 g/mol. The van der Waals surface area contributed by atoms with Gasteiger partial charge in [0.05, 0.1) is 0 Å². The Morgan fingerprint density at radius 3 is 1.93 bits per heavy atom. The first-order valence-electron chi connectivity index (χ1n) is 8.83. The van der Waals surface area contributed by atoms with E-state index < -0.39 is 17.8 Å². The number of anilines is 1. The fourth-order valence-corrected chi connectivity index (χ4v) is 2.72. The highest BCUT2D eigenvalue weighted by Gasteiger charge is 2.30. The Morgan fingerprint density at radius 1 is 0.821 bits per heavy atom. The molecule has 0 saturated carbocycles. The minimum Gasteiger partial charge on any atom is -0.472 e. The zero-order valence-corrected chi connectivity index (χ0v) is 16.4. The first-order valence-corrected chi connectivity index (χ1v) is 9.21. The third-order valence-corrected chi connectivity index (χ3v) is 4.45. The quantitative estimate of drug-likeness (QED) is 0.461. The third kappa shape index (κ3) is 4.99. The fraction of sp³-hybridized carbons (Fsp3) is 0.130. The van der Waals surface area contributed by atoms with Crippen LogP contribution in [0.15, 0.2) is 72.8 Å². The molecule has 1 unspecified atom stereocenters. The molecular weight excluding hydrogens is 374 g/mol. The number of hydrogen-bond acceptors (Lipinski definition) is 3. The predicted molar refractivity (Wildman–Crippen MR) is 111 cm³/mol. The molecule has 3 aromatic carbocycles. The summed E-state index contributed by atoms with van der Waals surface area (Å²) in [5.41, 5.74) is 3.07. The van der Waals surface area contributed by atoms with E-state index in [0.717, 1.165) is 11.1 Å². The minimum atomic E-state index is -1.33. The zero-order valence-electron chi connectivity index (χ0n) is 15.6. The van der Waals surface area contributed by atoms with Gasteiger partial charge in [0.2, 0.25) is 11.9 Å². The van der Waals surface area contributed by atoms with Crippen LogP contribution in [0.25, 0.3) is 0 Å². The SMILES string of the molecule is Cc1ccc(NC(=O)C(Oc2ccc(C)cc2)C(=O)c2ccc(Cl)cc2)cc1. The number of benzene rings is 3. The number of amides is 1. The van der Waals surface area contributed by atoms with Crippen molar-refractivity contribution in [3.8, 4) is 5.75 Å². The Balaban J connectivity index is 1.87. The fourth-order valence-electron chi connectivity index (χ4n) is 2.59. The molecule has 0 aromatic heterocycles. The van der Waals surface area contributed by atoms with Gasteiger partial charge < -0.3 is 10.1 Å². The normalized spacial score (nSPS) is 11.5. The van der Waals surface area contributed by atoms with Gasteiger partial charge in [0, 0.05) is 16.3 Å². The van der Waals surface area contributed by atoms with Crippen molar-refractivity contribution in [2.45, 2.75) is 20.0 Å². The van der Waals surface area contributed by atoms with E-state index in [2.05, 4.69) is 5.32 Å². The summed E-state index contributed by atoms with van der Waals surface area (Å²) >= 11 is 5.90. The lowest BCUT2D eigenvalue weighted by Gasteiger charge is -2.18. The summed E-state index contributed by atoms with van der Waals surface area (Å²) in [6.45, 7) is 3.91. The standard InChI is InChI=1S/C23H20ClNO3/c1-15-3-11-19(12-4-15)25-23(27)22(28-20-13-5-16(2)6-14-20)21(26)17-7-9-18(24)10-8-17/h3-14,22H,1-2H3,(H,25,27). The third-order valence-electron chi connectivity index (χ3n) is 4.20. The summed E-state index contributed by atoms with van der Waals surface area (Å²) in [5, 5.41) is 3.26. The van der Waals surface area contributed by atoms with E-state index >= 15 is 0 Å². The highest BCUT2D eigenvalue weighted by atomic mass is 35.5. The Hall–Kier alpha value is -3.11. The van der Waals surface area contributed by atoms with Crippen LogP contribution < -0.4 is 10.1 Å². The van der Waals surface area contributed by atoms with Gasteiger partial charge in [-0.1, -0.05) is 47.0 Å². The first kappa shape index (κ1) is 19.6. The molecule has 0 aliphatic carbocycles. The number of carbonyl (C=O) groups excluding carboxylic acids is 2. The Kier molecular flexibility index (Phi) is 6.12. The summed E-state index contributed by atoms with van der Waals surface area (Å²) in [7, 11) is 0. The van der Waals surface area contributed by atoms with Gasteiger partial charge in [-0.3, -0.25) is 9.59 Å². The molecule has 0 aliphatic rings. The van der Waals surface area contributed by atoms with Gasteiger partial charge in [-0.25, -0.2) is 0 Å². The average Bonchev–Trinajstić information content (AvgIpc) is 2.69. The molecule has 142 valence electrons. The van der Waals surface area contributed by atoms with E-state index in [4.69, 9.17) is 16.3 Å². The van der Waals surface area contributed by atoms with Crippen molar-refractivity contribution < 1.29 is 14.3 Å². The number of ketones is 1. The molecule has 0 saturated heterocycles. The van der Waals surface area contributed by atoms with Gasteiger partial charge in [0.25, 0.3) is 5.91 Å². The van der Waals surface area contributed by atoms with Crippen LogP contribution in [0.1, 0.15) is 21.5 Å². The molecule has 28 heavy (non-hydrogen) atoms. The lowest BCUT2D eigenvalue weighted by Crippen LogP contribution is -2.40. The Bertz CT molecular complexity index is 964. The van der Waals surface area contributed by atoms with E-state index in [-0.39, 0.29) is 0 Å². The zero-order chi connectivity index (χ0) is 20.1. The van der Waals surface area contributed by atoms with Crippen LogP contribution in [-0.2, 0) is 4.79 Å². The number of halogens is 1. The van der Waals surface area contributed by atoms with Crippen LogP contribution in [-0.4, -0.2) is 17.8 Å². The minimum absolute atomic E-state index is 0.348. The number of aryl methyl sites for hydroxylation is 2. The molecule has 1 atom stereocenters. The molecule has 0 heterocycles. The molecule has 0 spiro atoms. The lowest BCUT2D eigenvalue weighted by atomic mass is 10.1. The van der Waals surface area contributed by atoms with Crippen LogP contribution >= 0.6 is 11.6 Å². The Labute approximate surface area is 169 Å². The van der Waals surface area contributed by atoms with E-state index in [9.17, 15) is 9.59 Å². The Morgan fingerprint density at radius 2 is 1.36 bits per heavy atom. The number of hydrogen-bond donors (Lipinski definition) is 1. The molecule has 3 aromatic rings. The summed E-state index contributed by atoms with van der Waals surface area (Å²) in [4.78, 5) is 25.9. The average molecular weight is 394 g/mol. The number of ether oxygens (including phenoxy) is 1. The molecule has 1 N–H and O–H groups in total. The van der Waals surface area contributed by atoms with Crippen molar-refractivity contribution >= 4 is 29.0 Å². The summed E-state index contributed by atoms with van der Waals surface area (Å²) in [6.07, 6.45) is -1.33. The second-order valence-corrected chi connectivity index (χ2v) is 6.97. The molecule has 1 amide bonds. The molecule has 3 rings (SSSR count). The van der Waals surface area contributed by atoms with Crippen LogP contribution in [0.5, 0.6) is 5.75 Å². The maximum absolute atomic E-state index is 13.0. The van der Waals surface area contributed by atoms with Crippen LogP contribution in [0.3, 0.4) is 0 Å². The van der Waals surface area contributed by atoms with Crippen LogP contribution in [0.4, 0.5) is 5.69 Å². The number of nitrogens with one attached hydrogen (secondary N) is 1. The van der Waals surface area contributed by atoms with Crippen molar-refractivity contribution in [2.75, 3.05) is 5.32 Å². The van der Waals surface area contributed by atoms with Crippen molar-refractivity contribution in [1.82, 2.24) is 0 Å². The number of carbonyl (C=O) groups is 2. The lowest BCUT2D eigenvalue weighted by molar-refractivity contribution is -0.120. The van der Waals surface area contributed by atoms with E-state index in [1.165, 1.54) is 0 Å². The van der Waals surface area contributed by atoms with Crippen molar-refractivity contribution in [3.05, 3.63) is 94.5 Å². The molecule has 0 aliphatic heterocycles. The van der Waals surface area contributed by atoms with Gasteiger partial charge >= 0.3 is 0 Å². The summed E-state index contributed by atoms with van der Waals surface area (Å²) in [5.74, 6) is -0.539. The molecule has 4 nitrogen and oxygen atoms in total. The maximum atomic E-state index is 13.0. The molecule has 0 fully saturated rings. The van der Waals surface area contributed by atoms with Crippen molar-refractivity contribution in [2.24, 2.45) is 0 Å². The van der Waals surface area contributed by atoms with E-state index in [1.807, 2.05) is 38.1 Å². The smallest absolute Gasteiger partial charge is 0.273 e. The van der Waals surface area contributed by atoms with Crippen LogP contribution in [0, 0.1) is 13.8 Å². The topological polar surface area (TPSA) is 55.4 Å². The van der Waals surface area contributed by atoms with E-state index in [1.54, 1.807) is 48.5 Å². The van der Waals surface area contributed by atoms with Gasteiger partial charge in [-0.2, -0.15) is 0 Å². The van der Waals surface area contributed by atoms with Crippen molar-refractivity contribution in [1.29, 1.82) is 0 Å². The maximum Gasteiger partial charge on any atom is 0.273 e. The molecule has 5 heteroatoms. The molecule has 0 bridgehead atoms. The highest BCUT2D eigenvalue weighted by Crippen LogP contribution is 2.19. The largest absolute Gasteiger partial charge is 0.472 e. The van der Waals surface area contributed by atoms with E-state index in [0.29, 0.717) is 22.0 Å². The number of rotatable bonds is 6. The van der Waals surface area contributed by atoms with Crippen LogP contribution in [0.2, 0.25) is 5.02 Å². The van der Waals surface area contributed by atoms with Gasteiger partial charge in [0.1, 0.15) is 5.75 Å². The molecule has 0 radical (unpaired) electrons. The number of Topliss-reactive ketones (excluding diaryl/α,β-unsaturated/α-hetero) is 1. The first-order chi connectivity index (χ1) is 13.4. The van der Waals surface area contributed by atoms with Gasteiger partial charge in [-0.05, 0) is 62.4 Å². The van der Waals surface area contributed by atoms with Gasteiger partial charge in [-0.15, -0.1) is 0 Å². The second kappa shape index (κ2) is 8.72. The summed E-state index contributed by atoms with van der Waals surface area (Å²) in [6, 6.07) is 20.9. The summed E-state index contributed by atoms with van der Waals surface area (Å²) < 4.78 is 5.78. The van der Waals surface area contributed by atoms with Gasteiger partial charge in [0.15, 0.2) is 0 Å². The predicted octanol–water partition coefficient (Wildman–Crippen LogP) is 5.23. The highest BCUT2D eigenvalue weighted by molar-refractivity contribution is 6.30. The molecular formula is C23H20ClNO3. The second-order valence-electron chi connectivity index (χ2n) is 6.54. The van der Waals surface area contributed by atoms with Crippen molar-refractivity contribution in [3.63, 3.8) is 0 Å².